The second kappa shape index (κ2) is 4.61. The molecule has 0 saturated carbocycles. The summed E-state index contributed by atoms with van der Waals surface area (Å²) in [6, 6.07) is 4.98. The number of carbonyl (C=O) groups excluding carboxylic acids is 1. The number of hydrogen-bond acceptors (Lipinski definition) is 2. The molecule has 1 rings (SSSR count). The highest BCUT2D eigenvalue weighted by Gasteiger charge is 2.10. The van der Waals surface area contributed by atoms with Crippen LogP contribution >= 0.6 is 23.2 Å². The fourth-order valence-electron chi connectivity index (χ4n) is 0.985. The zero-order chi connectivity index (χ0) is 9.84. The first-order valence-corrected chi connectivity index (χ1v) is 4.59. The largest absolute Gasteiger partial charge is 0.330 e. The lowest BCUT2D eigenvalue weighted by molar-refractivity contribution is 0.0985. The quantitative estimate of drug-likeness (QED) is 0.792. The Morgan fingerprint density at radius 3 is 2.69 bits per heavy atom. The van der Waals surface area contributed by atoms with Gasteiger partial charge in [-0.25, -0.2) is 0 Å². The predicted molar refractivity (Wildman–Crippen MR) is 54.5 cm³/mol. The average Bonchev–Trinajstić information content (AvgIpc) is 2.10. The lowest BCUT2D eigenvalue weighted by Gasteiger charge is -2.02. The van der Waals surface area contributed by atoms with E-state index in [0.717, 1.165) is 0 Å². The lowest BCUT2D eigenvalue weighted by Crippen LogP contribution is -2.08. The van der Waals surface area contributed by atoms with Gasteiger partial charge in [-0.3, -0.25) is 4.79 Å². The van der Waals surface area contributed by atoms with Crippen molar-refractivity contribution in [3.8, 4) is 0 Å². The summed E-state index contributed by atoms with van der Waals surface area (Å²) in [5.74, 6) is -0.0741. The van der Waals surface area contributed by atoms with Crippen LogP contribution in [0.25, 0.3) is 0 Å². The average molecular weight is 218 g/mol. The molecule has 0 unspecified atom stereocenters. The number of halogens is 2. The van der Waals surface area contributed by atoms with Crippen molar-refractivity contribution in [1.29, 1.82) is 0 Å². The molecule has 2 N–H and O–H groups in total. The molecule has 0 fully saturated rings. The SMILES string of the molecule is NCCC(=O)c1cccc(Cl)c1Cl. The first-order chi connectivity index (χ1) is 6.16. The molecule has 0 bridgehead atoms. The van der Waals surface area contributed by atoms with E-state index in [4.69, 9.17) is 28.9 Å². The Morgan fingerprint density at radius 1 is 1.38 bits per heavy atom. The number of carbonyl (C=O) groups is 1. The van der Waals surface area contributed by atoms with E-state index < -0.39 is 0 Å². The zero-order valence-corrected chi connectivity index (χ0v) is 8.40. The van der Waals surface area contributed by atoms with Crippen molar-refractivity contribution in [2.24, 2.45) is 5.73 Å². The highest BCUT2D eigenvalue weighted by atomic mass is 35.5. The van der Waals surface area contributed by atoms with E-state index in [1.165, 1.54) is 0 Å². The maximum Gasteiger partial charge on any atom is 0.165 e. The van der Waals surface area contributed by atoms with Gasteiger partial charge < -0.3 is 5.73 Å². The minimum absolute atomic E-state index is 0.0741. The molecule has 0 saturated heterocycles. The van der Waals surface area contributed by atoms with Gasteiger partial charge in [0.05, 0.1) is 10.0 Å². The molecule has 13 heavy (non-hydrogen) atoms. The highest BCUT2D eigenvalue weighted by Crippen LogP contribution is 2.26. The van der Waals surface area contributed by atoms with Crippen LogP contribution in [0.4, 0.5) is 0 Å². The van der Waals surface area contributed by atoms with E-state index >= 15 is 0 Å². The Morgan fingerprint density at radius 2 is 2.08 bits per heavy atom. The van der Waals surface area contributed by atoms with E-state index in [1.54, 1.807) is 18.2 Å². The number of Topliss-reactive ketones (excluding diaryl/α,β-unsaturated/α-hetero) is 1. The summed E-state index contributed by atoms with van der Waals surface area (Å²) in [4.78, 5) is 11.4. The summed E-state index contributed by atoms with van der Waals surface area (Å²) in [5.41, 5.74) is 5.70. The van der Waals surface area contributed by atoms with Gasteiger partial charge >= 0.3 is 0 Å². The summed E-state index contributed by atoms with van der Waals surface area (Å²) < 4.78 is 0. The minimum Gasteiger partial charge on any atom is -0.330 e. The van der Waals surface area contributed by atoms with Crippen molar-refractivity contribution in [3.05, 3.63) is 33.8 Å². The van der Waals surface area contributed by atoms with E-state index in [0.29, 0.717) is 28.6 Å². The third kappa shape index (κ3) is 2.44. The molecule has 0 radical (unpaired) electrons. The summed E-state index contributed by atoms with van der Waals surface area (Å²) >= 11 is 11.6. The van der Waals surface area contributed by atoms with Gasteiger partial charge in [0, 0.05) is 12.0 Å². The van der Waals surface area contributed by atoms with Crippen LogP contribution in [0.2, 0.25) is 10.0 Å². The number of rotatable bonds is 3. The maximum atomic E-state index is 11.4. The molecule has 1 aromatic carbocycles. The van der Waals surface area contributed by atoms with Crippen LogP contribution in [0.15, 0.2) is 18.2 Å². The number of hydrogen-bond donors (Lipinski definition) is 1. The van der Waals surface area contributed by atoms with E-state index in [9.17, 15) is 4.79 Å². The molecule has 4 heteroatoms. The maximum absolute atomic E-state index is 11.4. The highest BCUT2D eigenvalue weighted by molar-refractivity contribution is 6.43. The third-order valence-electron chi connectivity index (χ3n) is 1.62. The number of ketones is 1. The standard InChI is InChI=1S/C9H9Cl2NO/c10-7-3-1-2-6(9(7)11)8(13)4-5-12/h1-3H,4-5,12H2. The summed E-state index contributed by atoms with van der Waals surface area (Å²) in [7, 11) is 0. The van der Waals surface area contributed by atoms with Crippen molar-refractivity contribution < 1.29 is 4.79 Å². The molecule has 0 amide bonds. The van der Waals surface area contributed by atoms with Gasteiger partial charge in [0.15, 0.2) is 5.78 Å². The monoisotopic (exact) mass is 217 g/mol. The molecule has 1 aromatic rings. The third-order valence-corrected chi connectivity index (χ3v) is 2.44. The lowest BCUT2D eigenvalue weighted by atomic mass is 10.1. The molecular formula is C9H9Cl2NO. The molecule has 0 aliphatic carbocycles. The van der Waals surface area contributed by atoms with Crippen molar-refractivity contribution in [1.82, 2.24) is 0 Å². The fraction of sp³-hybridized carbons (Fsp3) is 0.222. The van der Waals surface area contributed by atoms with Gasteiger partial charge in [0.25, 0.3) is 0 Å². The van der Waals surface area contributed by atoms with Gasteiger partial charge in [-0.2, -0.15) is 0 Å². The summed E-state index contributed by atoms with van der Waals surface area (Å²) in [5, 5.41) is 0.701. The van der Waals surface area contributed by atoms with Crippen LogP contribution in [0, 0.1) is 0 Å². The molecule has 0 aliphatic heterocycles. The first-order valence-electron chi connectivity index (χ1n) is 3.84. The molecule has 70 valence electrons. The zero-order valence-electron chi connectivity index (χ0n) is 6.89. The van der Waals surface area contributed by atoms with Gasteiger partial charge in [0.2, 0.25) is 0 Å². The van der Waals surface area contributed by atoms with Gasteiger partial charge in [-0.15, -0.1) is 0 Å². The second-order valence-electron chi connectivity index (χ2n) is 2.56. The van der Waals surface area contributed by atoms with Crippen molar-refractivity contribution >= 4 is 29.0 Å². The molecule has 0 heterocycles. The Hall–Kier alpha value is -0.570. The van der Waals surface area contributed by atoms with E-state index in [1.807, 2.05) is 0 Å². The Balaban J connectivity index is 3.01. The smallest absolute Gasteiger partial charge is 0.165 e. The van der Waals surface area contributed by atoms with Crippen molar-refractivity contribution in [3.63, 3.8) is 0 Å². The van der Waals surface area contributed by atoms with Gasteiger partial charge in [-0.05, 0) is 18.7 Å². The van der Waals surface area contributed by atoms with Crippen LogP contribution in [0.5, 0.6) is 0 Å². The Bertz CT molecular complexity index is 325. The molecule has 0 aromatic heterocycles. The fourth-order valence-corrected chi connectivity index (χ4v) is 1.39. The normalized spacial score (nSPS) is 10.1. The minimum atomic E-state index is -0.0741. The Kier molecular flexibility index (Phi) is 3.72. The van der Waals surface area contributed by atoms with Crippen molar-refractivity contribution in [2.75, 3.05) is 6.54 Å². The molecule has 0 atom stereocenters. The Labute approximate surface area is 86.6 Å². The van der Waals surface area contributed by atoms with E-state index in [-0.39, 0.29) is 5.78 Å². The molecular weight excluding hydrogens is 209 g/mol. The second-order valence-corrected chi connectivity index (χ2v) is 3.35. The number of benzene rings is 1. The molecule has 0 aliphatic rings. The number of nitrogens with two attached hydrogens (primary N) is 1. The first kappa shape index (κ1) is 10.5. The van der Waals surface area contributed by atoms with Crippen LogP contribution in [0.3, 0.4) is 0 Å². The van der Waals surface area contributed by atoms with Crippen LogP contribution in [0.1, 0.15) is 16.8 Å². The van der Waals surface area contributed by atoms with Crippen LogP contribution in [-0.2, 0) is 0 Å². The van der Waals surface area contributed by atoms with Gasteiger partial charge in [-0.1, -0.05) is 29.3 Å². The van der Waals surface area contributed by atoms with Crippen molar-refractivity contribution in [2.45, 2.75) is 6.42 Å². The van der Waals surface area contributed by atoms with Crippen LogP contribution < -0.4 is 5.73 Å². The summed E-state index contributed by atoms with van der Waals surface area (Å²) in [6.45, 7) is 0.321. The predicted octanol–water partition coefficient (Wildman–Crippen LogP) is 2.52. The molecule has 2 nitrogen and oxygen atoms in total. The van der Waals surface area contributed by atoms with Gasteiger partial charge in [0.1, 0.15) is 0 Å². The topological polar surface area (TPSA) is 43.1 Å². The van der Waals surface area contributed by atoms with E-state index in [2.05, 4.69) is 0 Å². The van der Waals surface area contributed by atoms with Crippen LogP contribution in [-0.4, -0.2) is 12.3 Å². The summed E-state index contributed by atoms with van der Waals surface area (Å²) in [6.07, 6.45) is 0.292. The molecule has 0 spiro atoms.